The van der Waals surface area contributed by atoms with E-state index in [4.69, 9.17) is 27.9 Å². The van der Waals surface area contributed by atoms with E-state index in [2.05, 4.69) is 37.5 Å². The zero-order valence-corrected chi connectivity index (χ0v) is 18.4. The summed E-state index contributed by atoms with van der Waals surface area (Å²) in [6.45, 7) is 2.21. The number of halogens is 2. The van der Waals surface area contributed by atoms with Crippen LogP contribution in [-0.4, -0.2) is 34.7 Å². The maximum absolute atomic E-state index is 12.6. The second kappa shape index (κ2) is 9.51. The molecule has 1 aromatic heterocycles. The monoisotopic (exact) mass is 457 g/mol. The molecule has 7 nitrogen and oxygen atoms in total. The van der Waals surface area contributed by atoms with Crippen LogP contribution in [0.4, 0.5) is 5.95 Å². The molecule has 2 aromatic carbocycles. The third kappa shape index (κ3) is 5.07. The van der Waals surface area contributed by atoms with E-state index in [1.54, 1.807) is 12.1 Å². The van der Waals surface area contributed by atoms with Crippen LogP contribution in [0.3, 0.4) is 0 Å². The first kappa shape index (κ1) is 21.4. The molecule has 0 aliphatic carbocycles. The lowest BCUT2D eigenvalue weighted by atomic mass is 10.1. The third-order valence-electron chi connectivity index (χ3n) is 5.01. The van der Waals surface area contributed by atoms with Crippen LogP contribution in [0.2, 0.25) is 10.0 Å². The van der Waals surface area contributed by atoms with E-state index in [0.717, 1.165) is 18.8 Å². The number of nitrogens with zero attached hydrogens (tertiary/aromatic N) is 3. The number of aromatic nitrogens is 2. The Morgan fingerprint density at radius 3 is 2.71 bits per heavy atom. The molecule has 0 bridgehead atoms. The average molecular weight is 458 g/mol. The molecule has 2 N–H and O–H groups in total. The van der Waals surface area contributed by atoms with Crippen molar-refractivity contribution in [2.75, 3.05) is 19.1 Å². The number of methoxy groups -OCH3 is 1. The molecule has 160 valence electrons. The summed E-state index contributed by atoms with van der Waals surface area (Å²) in [5.41, 5.74) is 6.01. The number of H-pyrrole nitrogens is 1. The van der Waals surface area contributed by atoms with E-state index < -0.39 is 0 Å². The molecule has 31 heavy (non-hydrogen) atoms. The summed E-state index contributed by atoms with van der Waals surface area (Å²) < 4.78 is 5.13. The van der Waals surface area contributed by atoms with Gasteiger partial charge in [-0.3, -0.25) is 14.7 Å². The number of fused-ring (bicyclic) bond motifs is 1. The lowest BCUT2D eigenvalue weighted by molar-refractivity contribution is 0.242. The van der Waals surface area contributed by atoms with E-state index in [9.17, 15) is 4.79 Å². The minimum atomic E-state index is -0.156. The van der Waals surface area contributed by atoms with Gasteiger partial charge >= 0.3 is 0 Å². The highest BCUT2D eigenvalue weighted by Crippen LogP contribution is 2.33. The number of hydrogen-bond donors (Lipinski definition) is 2. The van der Waals surface area contributed by atoms with E-state index in [1.165, 1.54) is 18.9 Å². The minimum Gasteiger partial charge on any atom is -0.494 e. The maximum atomic E-state index is 12.6. The van der Waals surface area contributed by atoms with Gasteiger partial charge in [0.1, 0.15) is 0 Å². The Morgan fingerprint density at radius 2 is 2.00 bits per heavy atom. The molecule has 0 fully saturated rings. The first-order valence-electron chi connectivity index (χ1n) is 9.74. The van der Waals surface area contributed by atoms with Gasteiger partial charge in [-0.2, -0.15) is 5.10 Å². The van der Waals surface area contributed by atoms with E-state index in [1.807, 2.05) is 18.2 Å². The molecule has 9 heteroatoms. The molecule has 2 heterocycles. The van der Waals surface area contributed by atoms with Crippen molar-refractivity contribution >= 4 is 35.4 Å². The number of anilines is 1. The number of hydrazone groups is 1. The van der Waals surface area contributed by atoms with Crippen molar-refractivity contribution in [1.82, 2.24) is 14.9 Å². The van der Waals surface area contributed by atoms with E-state index in [0.29, 0.717) is 45.8 Å². The maximum Gasteiger partial charge on any atom is 0.257 e. The Balaban J connectivity index is 1.44. The summed E-state index contributed by atoms with van der Waals surface area (Å²) in [6, 6.07) is 13.6. The van der Waals surface area contributed by atoms with Gasteiger partial charge in [0.2, 0.25) is 5.95 Å². The molecule has 0 atom stereocenters. The topological polar surface area (TPSA) is 82.6 Å². The van der Waals surface area contributed by atoms with Crippen molar-refractivity contribution in [1.29, 1.82) is 0 Å². The highest BCUT2D eigenvalue weighted by Gasteiger charge is 2.21. The van der Waals surface area contributed by atoms with Crippen LogP contribution in [-0.2, 0) is 19.5 Å². The number of benzene rings is 2. The fourth-order valence-corrected chi connectivity index (χ4v) is 4.19. The van der Waals surface area contributed by atoms with Crippen LogP contribution in [0.5, 0.6) is 5.75 Å². The molecule has 0 unspecified atom stereocenters. The quantitative estimate of drug-likeness (QED) is 0.430. The number of ether oxygens (including phenoxy) is 1. The summed E-state index contributed by atoms with van der Waals surface area (Å²) in [6.07, 6.45) is 2.24. The van der Waals surface area contributed by atoms with E-state index in [-0.39, 0.29) is 5.56 Å². The summed E-state index contributed by atoms with van der Waals surface area (Å²) in [7, 11) is 1.50. The standard InChI is InChI=1S/C22H21Cl2N5O2/c1-31-20-17(23)9-15(10-18(20)24)11-25-28-22-26-19-7-8-29(13-16(19)21(30)27-22)12-14-5-3-2-4-6-14/h2-6,9-11H,7-8,12-13H2,1H3,(H2,26,27,28,30)/b25-11-. The Hall–Kier alpha value is -2.87. The van der Waals surface area contributed by atoms with Crippen LogP contribution in [0.25, 0.3) is 0 Å². The number of rotatable bonds is 6. The van der Waals surface area contributed by atoms with Crippen molar-refractivity contribution in [2.24, 2.45) is 5.10 Å². The molecule has 1 aliphatic heterocycles. The molecule has 0 amide bonds. The number of aromatic amines is 1. The summed E-state index contributed by atoms with van der Waals surface area (Å²) >= 11 is 12.3. The number of hydrogen-bond acceptors (Lipinski definition) is 6. The first-order chi connectivity index (χ1) is 15.0. The van der Waals surface area contributed by atoms with Gasteiger partial charge in [-0.25, -0.2) is 10.4 Å². The molecule has 4 rings (SSSR count). The smallest absolute Gasteiger partial charge is 0.257 e. The molecule has 0 spiro atoms. The normalized spacial score (nSPS) is 13.9. The minimum absolute atomic E-state index is 0.156. The van der Waals surface area contributed by atoms with Gasteiger partial charge in [0.05, 0.1) is 34.6 Å². The highest BCUT2D eigenvalue weighted by atomic mass is 35.5. The lowest BCUT2D eigenvalue weighted by Crippen LogP contribution is -2.35. The Morgan fingerprint density at radius 1 is 1.26 bits per heavy atom. The molecule has 1 aliphatic rings. The molecule has 0 saturated carbocycles. The van der Waals surface area contributed by atoms with Crippen LogP contribution >= 0.6 is 23.2 Å². The van der Waals surface area contributed by atoms with Gasteiger partial charge in [0.25, 0.3) is 5.56 Å². The summed E-state index contributed by atoms with van der Waals surface area (Å²) in [4.78, 5) is 22.1. The van der Waals surface area contributed by atoms with Crippen LogP contribution in [0.15, 0.2) is 52.4 Å². The second-order valence-electron chi connectivity index (χ2n) is 7.17. The van der Waals surface area contributed by atoms with Gasteiger partial charge < -0.3 is 4.74 Å². The van der Waals surface area contributed by atoms with Crippen LogP contribution in [0.1, 0.15) is 22.4 Å². The van der Waals surface area contributed by atoms with Crippen LogP contribution < -0.4 is 15.7 Å². The second-order valence-corrected chi connectivity index (χ2v) is 7.99. The Labute approximate surface area is 189 Å². The SMILES string of the molecule is COc1c(Cl)cc(/C=N\Nc2nc3c(c(=O)[nH]2)CN(Cc2ccccc2)CC3)cc1Cl. The van der Waals surface area contributed by atoms with Gasteiger partial charge in [-0.15, -0.1) is 0 Å². The van der Waals surface area contributed by atoms with Crippen molar-refractivity contribution in [3.63, 3.8) is 0 Å². The van der Waals surface area contributed by atoms with Crippen molar-refractivity contribution < 1.29 is 4.74 Å². The Kier molecular flexibility index (Phi) is 6.56. The summed E-state index contributed by atoms with van der Waals surface area (Å²) in [5.74, 6) is 0.706. The predicted molar refractivity (Wildman–Crippen MR) is 123 cm³/mol. The molecular formula is C22H21Cl2N5O2. The van der Waals surface area contributed by atoms with Crippen molar-refractivity contribution in [2.45, 2.75) is 19.5 Å². The van der Waals surface area contributed by atoms with E-state index >= 15 is 0 Å². The van der Waals surface area contributed by atoms with Gasteiger partial charge in [-0.1, -0.05) is 53.5 Å². The fourth-order valence-electron chi connectivity index (χ4n) is 3.53. The predicted octanol–water partition coefficient (Wildman–Crippen LogP) is 4.09. The first-order valence-corrected chi connectivity index (χ1v) is 10.5. The highest BCUT2D eigenvalue weighted by molar-refractivity contribution is 6.37. The lowest BCUT2D eigenvalue weighted by Gasteiger charge is -2.27. The molecule has 0 saturated heterocycles. The fraction of sp³-hybridized carbons (Fsp3) is 0.227. The van der Waals surface area contributed by atoms with Gasteiger partial charge in [0.15, 0.2) is 5.75 Å². The summed E-state index contributed by atoms with van der Waals surface area (Å²) in [5, 5.41) is 4.91. The number of nitrogens with one attached hydrogen (secondary N) is 2. The molecule has 3 aromatic rings. The zero-order valence-electron chi connectivity index (χ0n) is 16.9. The third-order valence-corrected chi connectivity index (χ3v) is 5.57. The molecular weight excluding hydrogens is 437 g/mol. The molecule has 0 radical (unpaired) electrons. The van der Waals surface area contributed by atoms with Gasteiger partial charge in [-0.05, 0) is 23.3 Å². The van der Waals surface area contributed by atoms with Crippen LogP contribution in [0, 0.1) is 0 Å². The van der Waals surface area contributed by atoms with Crippen molar-refractivity contribution in [3.8, 4) is 5.75 Å². The average Bonchev–Trinajstić information content (AvgIpc) is 2.75. The van der Waals surface area contributed by atoms with Crippen molar-refractivity contribution in [3.05, 3.63) is 85.2 Å². The largest absolute Gasteiger partial charge is 0.494 e. The Bertz CT molecular complexity index is 1140. The zero-order chi connectivity index (χ0) is 21.8. The van der Waals surface area contributed by atoms with Gasteiger partial charge in [0, 0.05) is 26.1 Å².